The van der Waals surface area contributed by atoms with Gasteiger partial charge >= 0.3 is 7.60 Å². The van der Waals surface area contributed by atoms with E-state index < -0.39 is 13.4 Å². The molecule has 0 bridgehead atoms. The average Bonchev–Trinajstić information content (AvgIpc) is 2.69. The minimum Gasteiger partial charge on any atom is -0.307 e. The van der Waals surface area contributed by atoms with Gasteiger partial charge in [-0.15, -0.1) is 0 Å². The minimum atomic E-state index is -3.40. The topological polar surface area (TPSA) is 47.9 Å². The molecule has 0 saturated carbocycles. The van der Waals surface area contributed by atoms with E-state index in [1.54, 1.807) is 26.1 Å². The van der Waals surface area contributed by atoms with Gasteiger partial charge in [-0.3, -0.25) is 9.56 Å². The monoisotopic (exact) mass is 383 g/mol. The van der Waals surface area contributed by atoms with Gasteiger partial charge in [-0.25, -0.2) is 0 Å². The molecule has 0 aromatic heterocycles. The Hall–Kier alpha value is -2.26. The highest BCUT2D eigenvalue weighted by Crippen LogP contribution is 2.54. The lowest BCUT2D eigenvalue weighted by Gasteiger charge is -2.21. The molecule has 4 nitrogen and oxygen atoms in total. The van der Waals surface area contributed by atoms with Crippen LogP contribution >= 0.6 is 7.60 Å². The summed E-state index contributed by atoms with van der Waals surface area (Å²) in [5.74, 6) is -0.710. The van der Waals surface area contributed by atoms with Crippen molar-refractivity contribution in [1.29, 1.82) is 0 Å². The molecule has 1 unspecified atom stereocenters. The summed E-state index contributed by atoms with van der Waals surface area (Å²) in [4.78, 5) is 4.45. The second-order valence-corrected chi connectivity index (χ2v) is 7.75. The van der Waals surface area contributed by atoms with Gasteiger partial charge in [-0.1, -0.05) is 72.8 Å². The van der Waals surface area contributed by atoms with E-state index in [-0.39, 0.29) is 0 Å². The first-order valence-corrected chi connectivity index (χ1v) is 10.7. The number of nitrogens with zero attached hydrogens (tertiary/aromatic N) is 1. The summed E-state index contributed by atoms with van der Waals surface area (Å²) in [6, 6.07) is 19.7. The summed E-state index contributed by atoms with van der Waals surface area (Å²) >= 11 is 0. The first-order chi connectivity index (χ1) is 13.2. The maximum Gasteiger partial charge on any atom is 0.358 e. The molecule has 5 heteroatoms. The first kappa shape index (κ1) is 21.0. The smallest absolute Gasteiger partial charge is 0.307 e. The molecule has 0 amide bonds. The fourth-order valence-corrected chi connectivity index (χ4v) is 4.04. The molecule has 0 heterocycles. The van der Waals surface area contributed by atoms with Crippen molar-refractivity contribution in [3.8, 4) is 0 Å². The Labute approximate surface area is 161 Å². The van der Waals surface area contributed by atoms with Gasteiger partial charge in [0.15, 0.2) is 5.78 Å². The van der Waals surface area contributed by atoms with Gasteiger partial charge in [0.2, 0.25) is 0 Å². The fourth-order valence-electron chi connectivity index (χ4n) is 2.40. The lowest BCUT2D eigenvalue weighted by molar-refractivity contribution is 0.216. The summed E-state index contributed by atoms with van der Waals surface area (Å²) < 4.78 is 24.1. The molecule has 0 fully saturated rings. The average molecular weight is 383 g/mol. The zero-order valence-electron chi connectivity index (χ0n) is 15.8. The van der Waals surface area contributed by atoms with E-state index in [0.717, 1.165) is 11.1 Å². The van der Waals surface area contributed by atoms with Crippen LogP contribution in [0, 0.1) is 0 Å². The van der Waals surface area contributed by atoms with Crippen LogP contribution in [-0.4, -0.2) is 25.2 Å². The van der Waals surface area contributed by atoms with E-state index >= 15 is 0 Å². The maximum atomic E-state index is 13.2. The fraction of sp³-hybridized carbons (Fsp3) is 0.227. The van der Waals surface area contributed by atoms with Crippen LogP contribution in [0.15, 0.2) is 77.8 Å². The molecule has 0 saturated heterocycles. The molecule has 1 atom stereocenters. The molecule has 0 spiro atoms. The lowest BCUT2D eigenvalue weighted by Crippen LogP contribution is -2.09. The Balaban J connectivity index is 2.22. The van der Waals surface area contributed by atoms with Crippen LogP contribution in [-0.2, 0) is 13.6 Å². The number of hydrogen-bond donors (Lipinski definition) is 0. The summed E-state index contributed by atoms with van der Waals surface area (Å²) in [5, 5.41) is 0. The van der Waals surface area contributed by atoms with Gasteiger partial charge in [0.05, 0.1) is 13.2 Å². The van der Waals surface area contributed by atoms with Crippen molar-refractivity contribution in [3.05, 3.63) is 83.9 Å². The number of allylic oxidation sites excluding steroid dienone is 1. The van der Waals surface area contributed by atoms with E-state index in [9.17, 15) is 4.57 Å². The lowest BCUT2D eigenvalue weighted by atomic mass is 10.2. The van der Waals surface area contributed by atoms with Gasteiger partial charge < -0.3 is 9.05 Å². The quantitative estimate of drug-likeness (QED) is 0.369. The molecule has 0 aliphatic rings. The Morgan fingerprint density at radius 1 is 0.889 bits per heavy atom. The molecule has 2 aromatic carbocycles. The van der Waals surface area contributed by atoms with Crippen molar-refractivity contribution in [1.82, 2.24) is 0 Å². The Morgan fingerprint density at radius 3 is 1.93 bits per heavy atom. The van der Waals surface area contributed by atoms with Gasteiger partial charge in [0.1, 0.15) is 0 Å². The molecule has 27 heavy (non-hydrogen) atoms. The highest BCUT2D eigenvalue weighted by molar-refractivity contribution is 7.54. The number of aliphatic imine (C=N–C) groups is 1. The molecule has 0 radical (unpaired) electrons. The third kappa shape index (κ3) is 7.10. The Kier molecular flexibility index (Phi) is 8.93. The highest BCUT2D eigenvalue weighted by atomic mass is 31.2. The number of benzene rings is 2. The first-order valence-electron chi connectivity index (χ1n) is 9.05. The van der Waals surface area contributed by atoms with Gasteiger partial charge in [-0.2, -0.15) is 0 Å². The van der Waals surface area contributed by atoms with E-state index in [0.29, 0.717) is 13.2 Å². The van der Waals surface area contributed by atoms with Crippen molar-refractivity contribution in [2.24, 2.45) is 4.99 Å². The molecular formula is C22H26NO3P. The van der Waals surface area contributed by atoms with Crippen LogP contribution in [0.2, 0.25) is 0 Å². The minimum absolute atomic E-state index is 0.294. The molecule has 142 valence electrons. The maximum absolute atomic E-state index is 13.2. The third-order valence-corrected chi connectivity index (χ3v) is 5.81. The van der Waals surface area contributed by atoms with E-state index in [4.69, 9.17) is 9.05 Å². The largest absolute Gasteiger partial charge is 0.358 e. The van der Waals surface area contributed by atoms with Crippen LogP contribution in [0.4, 0.5) is 0 Å². The SMILES string of the molecule is CCOP(=O)(OCC)C(/C=C/c1ccccc1)/N=C/C=C/c1ccccc1. The normalized spacial score (nSPS) is 13.7. The standard InChI is InChI=1S/C22H26NO3P/c1-3-25-27(24,26-4-2)22(18-17-21-14-9-6-10-15-21)23-19-11-16-20-12-7-5-8-13-20/h5-19,22H,3-4H2,1-2H3/b16-11+,18-17+,23-19+. The van der Waals surface area contributed by atoms with Crippen molar-refractivity contribution < 1.29 is 13.6 Å². The second kappa shape index (κ2) is 11.5. The molecule has 2 aromatic rings. The van der Waals surface area contributed by atoms with E-state index in [1.807, 2.05) is 78.9 Å². The second-order valence-electron chi connectivity index (χ2n) is 5.63. The van der Waals surface area contributed by atoms with Crippen molar-refractivity contribution in [3.63, 3.8) is 0 Å². The summed E-state index contributed by atoms with van der Waals surface area (Å²) in [6.45, 7) is 4.18. The van der Waals surface area contributed by atoms with Crippen LogP contribution in [0.1, 0.15) is 25.0 Å². The molecule has 0 aliphatic carbocycles. The molecule has 0 aliphatic heterocycles. The molecule has 2 rings (SSSR count). The number of hydrogen-bond acceptors (Lipinski definition) is 4. The van der Waals surface area contributed by atoms with Gasteiger partial charge in [-0.05, 0) is 37.1 Å². The third-order valence-electron chi connectivity index (χ3n) is 3.62. The van der Waals surface area contributed by atoms with Crippen LogP contribution in [0.25, 0.3) is 12.2 Å². The number of rotatable bonds is 10. The van der Waals surface area contributed by atoms with Crippen molar-refractivity contribution in [2.75, 3.05) is 13.2 Å². The summed E-state index contributed by atoms with van der Waals surface area (Å²) in [7, 11) is -3.40. The predicted octanol–water partition coefficient (Wildman–Crippen LogP) is 6.08. The molecule has 0 N–H and O–H groups in total. The van der Waals surface area contributed by atoms with Crippen molar-refractivity contribution >= 4 is 26.0 Å². The highest BCUT2D eigenvalue weighted by Gasteiger charge is 2.33. The van der Waals surface area contributed by atoms with Crippen LogP contribution in [0.5, 0.6) is 0 Å². The molecular weight excluding hydrogens is 357 g/mol. The zero-order valence-corrected chi connectivity index (χ0v) is 16.7. The Bertz CT molecular complexity index is 791. The zero-order chi connectivity index (χ0) is 19.4. The van der Waals surface area contributed by atoms with E-state index in [2.05, 4.69) is 4.99 Å². The summed E-state index contributed by atoms with van der Waals surface area (Å²) in [6.07, 6.45) is 9.05. The summed E-state index contributed by atoms with van der Waals surface area (Å²) in [5.41, 5.74) is 2.07. The Morgan fingerprint density at radius 2 is 1.41 bits per heavy atom. The predicted molar refractivity (Wildman–Crippen MR) is 114 cm³/mol. The van der Waals surface area contributed by atoms with Crippen LogP contribution in [0.3, 0.4) is 0 Å². The van der Waals surface area contributed by atoms with Crippen LogP contribution < -0.4 is 0 Å². The van der Waals surface area contributed by atoms with E-state index in [1.165, 1.54) is 0 Å². The van der Waals surface area contributed by atoms with Gasteiger partial charge in [0.25, 0.3) is 0 Å². The van der Waals surface area contributed by atoms with Gasteiger partial charge in [0, 0.05) is 6.21 Å². The van der Waals surface area contributed by atoms with Crippen molar-refractivity contribution in [2.45, 2.75) is 19.6 Å².